The molecule has 4 aromatic rings. The van der Waals surface area contributed by atoms with Crippen molar-refractivity contribution in [1.29, 1.82) is 5.26 Å². The van der Waals surface area contributed by atoms with Gasteiger partial charge in [0.25, 0.3) is 5.91 Å². The highest BCUT2D eigenvalue weighted by molar-refractivity contribution is 5.92. The fraction of sp³-hybridized carbons (Fsp3) is 0.111. The van der Waals surface area contributed by atoms with Crippen molar-refractivity contribution in [3.05, 3.63) is 129 Å². The number of aryl methyl sites for hydroxylation is 1. The number of carbonyl (C=O) groups is 1. The molecule has 6 nitrogen and oxygen atoms in total. The van der Waals surface area contributed by atoms with Crippen LogP contribution in [0.1, 0.15) is 32.9 Å². The van der Waals surface area contributed by atoms with Crippen molar-refractivity contribution in [3.8, 4) is 11.8 Å². The largest absolute Gasteiger partial charge is 0.328 e. The summed E-state index contributed by atoms with van der Waals surface area (Å²) in [5.41, 5.74) is 1.16. The van der Waals surface area contributed by atoms with Gasteiger partial charge in [-0.15, -0.1) is 0 Å². The molecule has 0 fully saturated rings. The molecule has 3 aromatic carbocycles. The zero-order chi connectivity index (χ0) is 24.9. The summed E-state index contributed by atoms with van der Waals surface area (Å²) in [5.74, 6) is -1.70. The molecule has 0 spiro atoms. The quantitative estimate of drug-likeness (QED) is 0.415. The number of aromatic nitrogens is 2. The highest BCUT2D eigenvalue weighted by Gasteiger charge is 2.23. The Balaban J connectivity index is 1.75. The Bertz CT molecular complexity index is 1490. The van der Waals surface area contributed by atoms with Gasteiger partial charge in [-0.1, -0.05) is 36.4 Å². The Morgan fingerprint density at radius 3 is 2.37 bits per heavy atom. The van der Waals surface area contributed by atoms with E-state index >= 15 is 0 Å². The molecule has 0 aliphatic rings. The first-order chi connectivity index (χ1) is 16.9. The van der Waals surface area contributed by atoms with Crippen LogP contribution in [0.2, 0.25) is 0 Å². The van der Waals surface area contributed by atoms with Crippen molar-refractivity contribution in [2.24, 2.45) is 0 Å². The molecule has 0 bridgehead atoms. The van der Waals surface area contributed by atoms with E-state index in [9.17, 15) is 18.4 Å². The Labute approximate surface area is 200 Å². The molecule has 0 saturated carbocycles. The standard InChI is InChI=1S/C27H20F2N4O2/c1-18-13-25(34)26(31-33(18)24-8-3-2-7-23(24)29)27(35)32(17-21-5-4-6-22(28)14-21)16-20-11-9-19(15-30)10-12-20/h2-14H,16-17H2,1H3. The zero-order valence-electron chi connectivity index (χ0n) is 18.8. The van der Waals surface area contributed by atoms with Gasteiger partial charge in [0.05, 0.1) is 11.6 Å². The fourth-order valence-corrected chi connectivity index (χ4v) is 3.67. The average Bonchev–Trinajstić information content (AvgIpc) is 2.84. The molecule has 0 radical (unpaired) electrons. The van der Waals surface area contributed by atoms with E-state index in [2.05, 4.69) is 5.10 Å². The summed E-state index contributed by atoms with van der Waals surface area (Å²) < 4.78 is 29.4. The van der Waals surface area contributed by atoms with E-state index in [0.29, 0.717) is 22.4 Å². The molecule has 0 N–H and O–H groups in total. The van der Waals surface area contributed by atoms with Gasteiger partial charge >= 0.3 is 0 Å². The lowest BCUT2D eigenvalue weighted by Gasteiger charge is -2.23. The van der Waals surface area contributed by atoms with E-state index in [4.69, 9.17) is 5.26 Å². The number of nitriles is 1. The van der Waals surface area contributed by atoms with Crippen molar-refractivity contribution in [2.75, 3.05) is 0 Å². The molecule has 35 heavy (non-hydrogen) atoms. The molecule has 8 heteroatoms. The van der Waals surface area contributed by atoms with E-state index < -0.39 is 23.0 Å². The molecule has 0 saturated heterocycles. The maximum atomic E-state index is 14.4. The van der Waals surface area contributed by atoms with Gasteiger partial charge in [0.2, 0.25) is 5.43 Å². The Kier molecular flexibility index (Phi) is 6.78. The highest BCUT2D eigenvalue weighted by Crippen LogP contribution is 2.17. The molecule has 174 valence electrons. The smallest absolute Gasteiger partial charge is 0.279 e. The number of para-hydroxylation sites is 1. The fourth-order valence-electron chi connectivity index (χ4n) is 3.67. The predicted octanol–water partition coefficient (Wildman–Crippen LogP) is 4.53. The molecule has 4 rings (SSSR count). The van der Waals surface area contributed by atoms with Gasteiger partial charge < -0.3 is 4.90 Å². The minimum absolute atomic E-state index is 0.00525. The molecule has 1 heterocycles. The molecule has 1 amide bonds. The number of nitrogens with zero attached hydrogens (tertiary/aromatic N) is 4. The van der Waals surface area contributed by atoms with Crippen LogP contribution in [0.3, 0.4) is 0 Å². The van der Waals surface area contributed by atoms with Crippen molar-refractivity contribution < 1.29 is 13.6 Å². The zero-order valence-corrected chi connectivity index (χ0v) is 18.8. The van der Waals surface area contributed by atoms with Gasteiger partial charge in [-0.25, -0.2) is 13.5 Å². The number of rotatable bonds is 6. The van der Waals surface area contributed by atoms with Crippen LogP contribution >= 0.6 is 0 Å². The Hall–Kier alpha value is -4.64. The molecule has 0 aliphatic heterocycles. The van der Waals surface area contributed by atoms with Gasteiger partial charge in [0.1, 0.15) is 17.3 Å². The Morgan fingerprint density at radius 1 is 0.971 bits per heavy atom. The number of hydrogen-bond donors (Lipinski definition) is 0. The van der Waals surface area contributed by atoms with Crippen molar-refractivity contribution in [3.63, 3.8) is 0 Å². The van der Waals surface area contributed by atoms with E-state index in [1.165, 1.54) is 52.0 Å². The average molecular weight is 470 g/mol. The maximum Gasteiger partial charge on any atom is 0.279 e. The topological polar surface area (TPSA) is 79.0 Å². The van der Waals surface area contributed by atoms with Gasteiger partial charge in [0, 0.05) is 24.8 Å². The summed E-state index contributed by atoms with van der Waals surface area (Å²) in [6.45, 7) is 1.68. The summed E-state index contributed by atoms with van der Waals surface area (Å²) in [6.07, 6.45) is 0. The van der Waals surface area contributed by atoms with Crippen LogP contribution in [0.15, 0.2) is 83.7 Å². The molecule has 0 unspecified atom stereocenters. The summed E-state index contributed by atoms with van der Waals surface area (Å²) >= 11 is 0. The monoisotopic (exact) mass is 470 g/mol. The minimum Gasteiger partial charge on any atom is -0.328 e. The lowest BCUT2D eigenvalue weighted by molar-refractivity contribution is 0.0720. The predicted molar refractivity (Wildman–Crippen MR) is 126 cm³/mol. The van der Waals surface area contributed by atoms with E-state index in [-0.39, 0.29) is 24.5 Å². The van der Waals surface area contributed by atoms with Crippen molar-refractivity contribution >= 4 is 5.91 Å². The summed E-state index contributed by atoms with van der Waals surface area (Å²) in [7, 11) is 0. The second kappa shape index (κ2) is 10.1. The van der Waals surface area contributed by atoms with Crippen molar-refractivity contribution in [1.82, 2.24) is 14.7 Å². The number of hydrogen-bond acceptors (Lipinski definition) is 4. The van der Waals surface area contributed by atoms with E-state index in [1.54, 1.807) is 43.3 Å². The van der Waals surface area contributed by atoms with Crippen molar-refractivity contribution in [2.45, 2.75) is 20.0 Å². The third-order valence-electron chi connectivity index (χ3n) is 5.40. The van der Waals surface area contributed by atoms with Crippen LogP contribution in [0.4, 0.5) is 8.78 Å². The van der Waals surface area contributed by atoms with Gasteiger partial charge in [-0.05, 0) is 54.4 Å². The van der Waals surface area contributed by atoms with Crippen LogP contribution < -0.4 is 5.43 Å². The SMILES string of the molecule is Cc1cc(=O)c(C(=O)N(Cc2ccc(C#N)cc2)Cc2cccc(F)c2)nn1-c1ccccc1F. The lowest BCUT2D eigenvalue weighted by atomic mass is 10.1. The molecular weight excluding hydrogens is 450 g/mol. The molecule has 0 atom stereocenters. The van der Waals surface area contributed by atoms with Gasteiger partial charge in [-0.2, -0.15) is 10.4 Å². The minimum atomic E-state index is -0.686. The van der Waals surface area contributed by atoms with E-state index in [1.807, 2.05) is 6.07 Å². The van der Waals surface area contributed by atoms with Gasteiger partial charge in [0.15, 0.2) is 5.69 Å². The van der Waals surface area contributed by atoms with Crippen LogP contribution in [0, 0.1) is 29.9 Å². The van der Waals surface area contributed by atoms with Crippen LogP contribution in [0.5, 0.6) is 0 Å². The number of benzene rings is 3. The second-order valence-corrected chi connectivity index (χ2v) is 7.96. The normalized spacial score (nSPS) is 10.6. The van der Waals surface area contributed by atoms with Gasteiger partial charge in [-0.3, -0.25) is 9.59 Å². The summed E-state index contributed by atoms with van der Waals surface area (Å²) in [4.78, 5) is 27.7. The first-order valence-corrected chi connectivity index (χ1v) is 10.7. The Morgan fingerprint density at radius 2 is 1.69 bits per heavy atom. The molecule has 0 aliphatic carbocycles. The van der Waals surface area contributed by atoms with Crippen LogP contribution in [-0.2, 0) is 13.1 Å². The third-order valence-corrected chi connectivity index (χ3v) is 5.40. The maximum absolute atomic E-state index is 14.4. The first kappa shape index (κ1) is 23.5. The summed E-state index contributed by atoms with van der Waals surface area (Å²) in [5, 5.41) is 13.2. The molecule has 1 aromatic heterocycles. The number of carbonyl (C=O) groups excluding carboxylic acids is 1. The van der Waals surface area contributed by atoms with E-state index in [0.717, 1.165) is 0 Å². The number of halogens is 2. The van der Waals surface area contributed by atoms with Crippen LogP contribution in [-0.4, -0.2) is 20.6 Å². The third kappa shape index (κ3) is 5.31. The second-order valence-electron chi connectivity index (χ2n) is 7.96. The highest BCUT2D eigenvalue weighted by atomic mass is 19.1. The first-order valence-electron chi connectivity index (χ1n) is 10.7. The lowest BCUT2D eigenvalue weighted by Crippen LogP contribution is -2.35. The van der Waals surface area contributed by atoms with Crippen LogP contribution in [0.25, 0.3) is 5.69 Å². The molecular formula is C27H20F2N4O2. The summed E-state index contributed by atoms with van der Waals surface area (Å²) in [6, 6.07) is 21.6. The number of amides is 1.